The Labute approximate surface area is 122 Å². The highest BCUT2D eigenvalue weighted by Crippen LogP contribution is 2.36. The fourth-order valence-corrected chi connectivity index (χ4v) is 2.64. The maximum absolute atomic E-state index is 11.2. The summed E-state index contributed by atoms with van der Waals surface area (Å²) in [6.07, 6.45) is 1.09. The van der Waals surface area contributed by atoms with Gasteiger partial charge < -0.3 is 15.4 Å². The lowest BCUT2D eigenvalue weighted by molar-refractivity contribution is -0.118. The van der Waals surface area contributed by atoms with Crippen LogP contribution in [0, 0.1) is 0 Å². The van der Waals surface area contributed by atoms with Crippen LogP contribution in [-0.2, 0) is 4.79 Å². The van der Waals surface area contributed by atoms with E-state index in [0.29, 0.717) is 16.5 Å². The molecule has 1 aromatic carbocycles. The van der Waals surface area contributed by atoms with Gasteiger partial charge in [0.15, 0.2) is 6.61 Å². The monoisotopic (exact) mass is 300 g/mol. The first-order valence-electron chi connectivity index (χ1n) is 6.28. The Balaban J connectivity index is 1.96. The molecule has 1 aromatic rings. The molecule has 1 aliphatic heterocycles. The number of amides is 1. The number of halogens is 1. The molecule has 0 saturated carbocycles. The molecule has 0 radical (unpaired) electrons. The van der Waals surface area contributed by atoms with Gasteiger partial charge in [-0.25, -0.2) is 0 Å². The highest BCUT2D eigenvalue weighted by molar-refractivity contribution is 7.99. The number of benzene rings is 1. The summed E-state index contributed by atoms with van der Waals surface area (Å²) in [4.78, 5) is 11.2. The average Bonchev–Trinajstić information content (AvgIpc) is 2.39. The van der Waals surface area contributed by atoms with E-state index in [1.54, 1.807) is 6.07 Å². The first-order valence-corrected chi connectivity index (χ1v) is 7.81. The number of carbonyl (C=O) groups is 1. The van der Waals surface area contributed by atoms with Gasteiger partial charge in [-0.3, -0.25) is 4.79 Å². The van der Waals surface area contributed by atoms with E-state index < -0.39 is 0 Å². The summed E-state index contributed by atoms with van der Waals surface area (Å²) in [5, 5.41) is 6.62. The zero-order chi connectivity index (χ0) is 13.7. The molecule has 1 aliphatic rings. The largest absolute Gasteiger partial charge is 0.482 e. The number of hydrogen-bond donors (Lipinski definition) is 2. The first-order chi connectivity index (χ1) is 9.20. The SMILES string of the molecule is CCSCCCNc1cc2c(cc1Cl)NC(=O)CO2. The minimum atomic E-state index is -0.152. The van der Waals surface area contributed by atoms with Gasteiger partial charge in [0.1, 0.15) is 5.75 Å². The predicted molar refractivity (Wildman–Crippen MR) is 81.7 cm³/mol. The Morgan fingerprint density at radius 1 is 1.53 bits per heavy atom. The summed E-state index contributed by atoms with van der Waals surface area (Å²) in [6, 6.07) is 3.56. The van der Waals surface area contributed by atoms with E-state index in [2.05, 4.69) is 17.6 Å². The molecule has 104 valence electrons. The normalized spacial score (nSPS) is 13.5. The van der Waals surface area contributed by atoms with Crippen molar-refractivity contribution in [3.05, 3.63) is 17.2 Å². The van der Waals surface area contributed by atoms with Crippen molar-refractivity contribution in [2.75, 3.05) is 35.3 Å². The van der Waals surface area contributed by atoms with Crippen molar-refractivity contribution in [3.63, 3.8) is 0 Å². The lowest BCUT2D eigenvalue weighted by Gasteiger charge is -2.20. The Morgan fingerprint density at radius 3 is 3.16 bits per heavy atom. The van der Waals surface area contributed by atoms with Gasteiger partial charge in [0.25, 0.3) is 5.91 Å². The Hall–Kier alpha value is -1.07. The Kier molecular flexibility index (Phi) is 5.22. The molecular formula is C13H17ClN2O2S. The van der Waals surface area contributed by atoms with Gasteiger partial charge in [0, 0.05) is 12.6 Å². The molecule has 0 saturated heterocycles. The van der Waals surface area contributed by atoms with Gasteiger partial charge in [0.2, 0.25) is 0 Å². The number of rotatable bonds is 6. The fraction of sp³-hybridized carbons (Fsp3) is 0.462. The standard InChI is InChI=1S/C13H17ClN2O2S/c1-2-19-5-3-4-15-10-7-12-11(6-9(10)14)16-13(17)8-18-12/h6-7,15H,2-5,8H2,1H3,(H,16,17). The summed E-state index contributed by atoms with van der Waals surface area (Å²) in [5.74, 6) is 2.79. The smallest absolute Gasteiger partial charge is 0.262 e. The molecular weight excluding hydrogens is 284 g/mol. The van der Waals surface area contributed by atoms with Gasteiger partial charge in [-0.2, -0.15) is 11.8 Å². The highest BCUT2D eigenvalue weighted by Gasteiger charge is 2.17. The van der Waals surface area contributed by atoms with E-state index in [0.717, 1.165) is 30.2 Å². The van der Waals surface area contributed by atoms with Crippen molar-refractivity contribution < 1.29 is 9.53 Å². The van der Waals surface area contributed by atoms with Crippen molar-refractivity contribution in [1.82, 2.24) is 0 Å². The minimum Gasteiger partial charge on any atom is -0.482 e. The van der Waals surface area contributed by atoms with Crippen LogP contribution in [0.4, 0.5) is 11.4 Å². The van der Waals surface area contributed by atoms with Crippen LogP contribution in [0.2, 0.25) is 5.02 Å². The molecule has 6 heteroatoms. The molecule has 0 bridgehead atoms. The van der Waals surface area contributed by atoms with Crippen LogP contribution in [-0.4, -0.2) is 30.6 Å². The third-order valence-electron chi connectivity index (χ3n) is 2.69. The van der Waals surface area contributed by atoms with Crippen LogP contribution in [0.5, 0.6) is 5.75 Å². The molecule has 4 nitrogen and oxygen atoms in total. The van der Waals surface area contributed by atoms with Gasteiger partial charge in [-0.15, -0.1) is 0 Å². The maximum atomic E-state index is 11.2. The third-order valence-corrected chi connectivity index (χ3v) is 3.99. The van der Waals surface area contributed by atoms with E-state index >= 15 is 0 Å². The molecule has 0 spiro atoms. The van der Waals surface area contributed by atoms with E-state index in [9.17, 15) is 4.79 Å². The number of anilines is 2. The number of carbonyl (C=O) groups excluding carboxylic acids is 1. The third kappa shape index (κ3) is 3.94. The average molecular weight is 301 g/mol. The van der Waals surface area contributed by atoms with Crippen molar-refractivity contribution in [3.8, 4) is 5.75 Å². The van der Waals surface area contributed by atoms with Crippen LogP contribution in [0.1, 0.15) is 13.3 Å². The van der Waals surface area contributed by atoms with Crippen molar-refractivity contribution >= 4 is 40.6 Å². The zero-order valence-electron chi connectivity index (χ0n) is 10.8. The highest BCUT2D eigenvalue weighted by atomic mass is 35.5. The van der Waals surface area contributed by atoms with Gasteiger partial charge in [-0.05, 0) is 24.0 Å². The molecule has 0 unspecified atom stereocenters. The summed E-state index contributed by atoms with van der Waals surface area (Å²) >= 11 is 8.10. The van der Waals surface area contributed by atoms with Crippen LogP contribution in [0.25, 0.3) is 0 Å². The zero-order valence-corrected chi connectivity index (χ0v) is 12.4. The molecule has 0 fully saturated rings. The van der Waals surface area contributed by atoms with E-state index in [-0.39, 0.29) is 12.5 Å². The van der Waals surface area contributed by atoms with Crippen molar-refractivity contribution in [2.45, 2.75) is 13.3 Å². The quantitative estimate of drug-likeness (QED) is 0.792. The number of thioether (sulfide) groups is 1. The fourth-order valence-electron chi connectivity index (χ4n) is 1.78. The van der Waals surface area contributed by atoms with Crippen LogP contribution >= 0.6 is 23.4 Å². The Bertz CT molecular complexity index is 468. The van der Waals surface area contributed by atoms with Crippen LogP contribution in [0.3, 0.4) is 0 Å². The summed E-state index contributed by atoms with van der Waals surface area (Å²) in [7, 11) is 0. The number of fused-ring (bicyclic) bond motifs is 1. The second kappa shape index (κ2) is 6.91. The second-order valence-electron chi connectivity index (χ2n) is 4.14. The van der Waals surface area contributed by atoms with E-state index in [1.165, 1.54) is 0 Å². The van der Waals surface area contributed by atoms with Gasteiger partial charge in [0.05, 0.1) is 16.4 Å². The summed E-state index contributed by atoms with van der Waals surface area (Å²) in [5.41, 5.74) is 1.48. The lowest BCUT2D eigenvalue weighted by atomic mass is 10.2. The summed E-state index contributed by atoms with van der Waals surface area (Å²) < 4.78 is 5.36. The lowest BCUT2D eigenvalue weighted by Crippen LogP contribution is -2.25. The second-order valence-corrected chi connectivity index (χ2v) is 5.94. The molecule has 2 rings (SSSR count). The van der Waals surface area contributed by atoms with E-state index in [4.69, 9.17) is 16.3 Å². The van der Waals surface area contributed by atoms with Crippen molar-refractivity contribution in [1.29, 1.82) is 0 Å². The molecule has 19 heavy (non-hydrogen) atoms. The molecule has 0 atom stereocenters. The number of ether oxygens (including phenoxy) is 1. The Morgan fingerprint density at radius 2 is 2.37 bits per heavy atom. The van der Waals surface area contributed by atoms with Crippen LogP contribution < -0.4 is 15.4 Å². The minimum absolute atomic E-state index is 0.0568. The van der Waals surface area contributed by atoms with E-state index in [1.807, 2.05) is 17.8 Å². The van der Waals surface area contributed by atoms with Gasteiger partial charge in [-0.1, -0.05) is 18.5 Å². The topological polar surface area (TPSA) is 50.4 Å². The van der Waals surface area contributed by atoms with Crippen LogP contribution in [0.15, 0.2) is 12.1 Å². The maximum Gasteiger partial charge on any atom is 0.262 e. The molecule has 0 aliphatic carbocycles. The molecule has 0 aromatic heterocycles. The molecule has 1 amide bonds. The number of nitrogens with one attached hydrogen (secondary N) is 2. The summed E-state index contributed by atoms with van der Waals surface area (Å²) in [6.45, 7) is 3.09. The van der Waals surface area contributed by atoms with Crippen molar-refractivity contribution in [2.24, 2.45) is 0 Å². The predicted octanol–water partition coefficient (Wildman–Crippen LogP) is 3.23. The first kappa shape index (κ1) is 14.3. The number of hydrogen-bond acceptors (Lipinski definition) is 4. The molecule has 1 heterocycles. The molecule has 2 N–H and O–H groups in total. The van der Waals surface area contributed by atoms with Gasteiger partial charge >= 0.3 is 0 Å².